The Kier molecular flexibility index (Phi) is 2.96. The third-order valence-corrected chi connectivity index (χ3v) is 4.17. The number of fused-ring (bicyclic) bond motifs is 2. The van der Waals surface area contributed by atoms with Crippen LogP contribution in [-0.2, 0) is 11.3 Å². The molecule has 2 saturated carbocycles. The Bertz CT molecular complexity index is 321. The van der Waals surface area contributed by atoms with Gasteiger partial charge in [-0.15, -0.1) is 0 Å². The van der Waals surface area contributed by atoms with Gasteiger partial charge in [0.2, 0.25) is 0 Å². The maximum Gasteiger partial charge on any atom is 0.0720 e. The van der Waals surface area contributed by atoms with Crippen LogP contribution in [-0.4, -0.2) is 6.10 Å². The fraction of sp³-hybridized carbons (Fsp3) is 0.600. The van der Waals surface area contributed by atoms with Gasteiger partial charge in [0.1, 0.15) is 0 Å². The molecule has 0 N–H and O–H groups in total. The van der Waals surface area contributed by atoms with Crippen LogP contribution in [0.1, 0.15) is 37.7 Å². The summed E-state index contributed by atoms with van der Waals surface area (Å²) in [6.45, 7) is 0.797. The maximum absolute atomic E-state index is 6.05. The molecule has 0 aliphatic heterocycles. The van der Waals surface area contributed by atoms with Crippen molar-refractivity contribution in [2.45, 2.75) is 44.8 Å². The summed E-state index contributed by atoms with van der Waals surface area (Å²) < 4.78 is 6.05. The quantitative estimate of drug-likeness (QED) is 0.747. The fourth-order valence-electron chi connectivity index (χ4n) is 3.37. The van der Waals surface area contributed by atoms with Crippen LogP contribution in [0.25, 0.3) is 0 Å². The zero-order valence-electron chi connectivity index (χ0n) is 9.77. The van der Waals surface area contributed by atoms with Crippen LogP contribution in [0.5, 0.6) is 0 Å². The van der Waals surface area contributed by atoms with Crippen LogP contribution in [0.15, 0.2) is 30.3 Å². The van der Waals surface area contributed by atoms with Gasteiger partial charge in [-0.3, -0.25) is 0 Å². The summed E-state index contributed by atoms with van der Waals surface area (Å²) in [5.74, 6) is 1.94. The predicted molar refractivity (Wildman–Crippen MR) is 65.1 cm³/mol. The highest BCUT2D eigenvalue weighted by Gasteiger charge is 2.34. The lowest BCUT2D eigenvalue weighted by Crippen LogP contribution is -2.23. The SMILES string of the molecule is c1ccc(COC2C[C@H]3CC[C@@H](C2)C3)cc1. The van der Waals surface area contributed by atoms with Gasteiger partial charge in [-0.1, -0.05) is 43.2 Å². The summed E-state index contributed by atoms with van der Waals surface area (Å²) in [5.41, 5.74) is 1.31. The highest BCUT2D eigenvalue weighted by molar-refractivity contribution is 5.13. The molecule has 1 heteroatoms. The molecule has 0 aromatic heterocycles. The Labute approximate surface area is 97.8 Å². The van der Waals surface area contributed by atoms with Crippen LogP contribution in [0.4, 0.5) is 0 Å². The molecule has 1 aromatic rings. The van der Waals surface area contributed by atoms with Crippen LogP contribution >= 0.6 is 0 Å². The second-order valence-corrected chi connectivity index (χ2v) is 5.44. The van der Waals surface area contributed by atoms with E-state index in [0.29, 0.717) is 6.10 Å². The van der Waals surface area contributed by atoms with Crippen LogP contribution in [0.2, 0.25) is 0 Å². The molecule has 1 unspecified atom stereocenters. The topological polar surface area (TPSA) is 9.23 Å². The Hall–Kier alpha value is -0.820. The van der Waals surface area contributed by atoms with Gasteiger partial charge in [0, 0.05) is 0 Å². The number of benzene rings is 1. The largest absolute Gasteiger partial charge is 0.374 e. The third kappa shape index (κ3) is 2.30. The number of hydrogen-bond acceptors (Lipinski definition) is 1. The molecule has 16 heavy (non-hydrogen) atoms. The van der Waals surface area contributed by atoms with Crippen molar-refractivity contribution in [2.75, 3.05) is 0 Å². The van der Waals surface area contributed by atoms with E-state index in [4.69, 9.17) is 4.74 Å². The van der Waals surface area contributed by atoms with E-state index in [1.54, 1.807) is 0 Å². The first-order valence-corrected chi connectivity index (χ1v) is 6.55. The molecule has 1 aromatic carbocycles. The lowest BCUT2D eigenvalue weighted by atomic mass is 9.87. The van der Waals surface area contributed by atoms with Gasteiger partial charge in [-0.25, -0.2) is 0 Å². The molecule has 0 spiro atoms. The highest BCUT2D eigenvalue weighted by Crippen LogP contribution is 2.42. The van der Waals surface area contributed by atoms with E-state index in [1.165, 1.54) is 37.7 Å². The van der Waals surface area contributed by atoms with Gasteiger partial charge >= 0.3 is 0 Å². The van der Waals surface area contributed by atoms with Gasteiger partial charge in [-0.05, 0) is 36.7 Å². The minimum Gasteiger partial charge on any atom is -0.374 e. The first kappa shape index (κ1) is 10.3. The van der Waals surface area contributed by atoms with Gasteiger partial charge in [0.15, 0.2) is 0 Å². The number of ether oxygens (including phenoxy) is 1. The van der Waals surface area contributed by atoms with E-state index >= 15 is 0 Å². The van der Waals surface area contributed by atoms with Crippen LogP contribution in [0.3, 0.4) is 0 Å². The maximum atomic E-state index is 6.05. The average molecular weight is 216 g/mol. The zero-order chi connectivity index (χ0) is 10.8. The van der Waals surface area contributed by atoms with Crippen molar-refractivity contribution >= 4 is 0 Å². The fourth-order valence-corrected chi connectivity index (χ4v) is 3.37. The second-order valence-electron chi connectivity index (χ2n) is 5.44. The second kappa shape index (κ2) is 4.58. The number of hydrogen-bond donors (Lipinski definition) is 0. The van der Waals surface area contributed by atoms with E-state index in [2.05, 4.69) is 30.3 Å². The lowest BCUT2D eigenvalue weighted by molar-refractivity contribution is -0.000884. The van der Waals surface area contributed by atoms with Crippen molar-refractivity contribution in [2.24, 2.45) is 11.8 Å². The zero-order valence-corrected chi connectivity index (χ0v) is 9.77. The van der Waals surface area contributed by atoms with E-state index in [9.17, 15) is 0 Å². The Morgan fingerprint density at radius 3 is 2.31 bits per heavy atom. The molecule has 2 aliphatic carbocycles. The molecule has 1 nitrogen and oxygen atoms in total. The normalized spacial score (nSPS) is 32.9. The van der Waals surface area contributed by atoms with Gasteiger partial charge < -0.3 is 4.74 Å². The standard InChI is InChI=1S/C15H20O/c1-2-4-12(5-3-1)11-16-15-9-13-6-7-14(8-13)10-15/h1-5,13-15H,6-11H2/t13-,14+,15?. The average Bonchev–Trinajstić information content (AvgIpc) is 2.67. The Morgan fingerprint density at radius 2 is 1.62 bits per heavy atom. The van der Waals surface area contributed by atoms with Crippen molar-refractivity contribution in [1.29, 1.82) is 0 Å². The molecule has 0 radical (unpaired) electrons. The van der Waals surface area contributed by atoms with Crippen LogP contribution < -0.4 is 0 Å². The smallest absolute Gasteiger partial charge is 0.0720 e. The summed E-state index contributed by atoms with van der Waals surface area (Å²) >= 11 is 0. The van der Waals surface area contributed by atoms with Crippen molar-refractivity contribution < 1.29 is 4.74 Å². The molecule has 86 valence electrons. The Balaban J connectivity index is 1.52. The minimum atomic E-state index is 0.534. The van der Waals surface area contributed by atoms with Crippen molar-refractivity contribution in [1.82, 2.24) is 0 Å². The lowest BCUT2D eigenvalue weighted by Gasteiger charge is -2.27. The summed E-state index contributed by atoms with van der Waals surface area (Å²) in [6.07, 6.45) is 7.54. The molecule has 3 rings (SSSR count). The van der Waals surface area contributed by atoms with Crippen molar-refractivity contribution in [3.8, 4) is 0 Å². The van der Waals surface area contributed by atoms with Crippen LogP contribution in [0, 0.1) is 11.8 Å². The van der Waals surface area contributed by atoms with E-state index < -0.39 is 0 Å². The van der Waals surface area contributed by atoms with Crippen molar-refractivity contribution in [3.05, 3.63) is 35.9 Å². The van der Waals surface area contributed by atoms with E-state index in [1.807, 2.05) is 0 Å². The highest BCUT2D eigenvalue weighted by atomic mass is 16.5. The first-order chi connectivity index (χ1) is 7.90. The summed E-state index contributed by atoms with van der Waals surface area (Å²) in [5, 5.41) is 0. The van der Waals surface area contributed by atoms with Gasteiger partial charge in [0.25, 0.3) is 0 Å². The number of rotatable bonds is 3. The molecule has 2 fully saturated rings. The molecule has 3 atom stereocenters. The molecular formula is C15H20O. The molecule has 2 bridgehead atoms. The van der Waals surface area contributed by atoms with Crippen molar-refractivity contribution in [3.63, 3.8) is 0 Å². The van der Waals surface area contributed by atoms with Gasteiger partial charge in [-0.2, -0.15) is 0 Å². The van der Waals surface area contributed by atoms with E-state index in [-0.39, 0.29) is 0 Å². The minimum absolute atomic E-state index is 0.534. The predicted octanol–water partition coefficient (Wildman–Crippen LogP) is 3.78. The molecule has 0 amide bonds. The summed E-state index contributed by atoms with van der Waals surface area (Å²) in [4.78, 5) is 0. The van der Waals surface area contributed by atoms with E-state index in [0.717, 1.165) is 18.4 Å². The monoisotopic (exact) mass is 216 g/mol. The van der Waals surface area contributed by atoms with Gasteiger partial charge in [0.05, 0.1) is 12.7 Å². The third-order valence-electron chi connectivity index (χ3n) is 4.17. The molecular weight excluding hydrogens is 196 g/mol. The Morgan fingerprint density at radius 1 is 0.938 bits per heavy atom. The summed E-state index contributed by atoms with van der Waals surface area (Å²) in [6, 6.07) is 10.5. The first-order valence-electron chi connectivity index (χ1n) is 6.55. The summed E-state index contributed by atoms with van der Waals surface area (Å²) in [7, 11) is 0. The molecule has 2 aliphatic rings. The molecule has 0 heterocycles. The molecule has 0 saturated heterocycles.